The standard InChI is InChI=1S/C22H30N4O2S2.C2H6.CH5N/c1-5-15(2)20-17(14-27)21(25-22(24-20)29-4)23-16-9-10-19(18(13-16)28-3)30-26-11-7-6-8-12-26;2*1-2/h9-10,13-15H,5-8,11-12H2,1-4H3,(H,23,24,25);1-2H3;2H2,1H3. The fraction of sp³-hybridized carbons (Fsp3) is 0.560. The van der Waals surface area contributed by atoms with E-state index >= 15 is 0 Å². The Hall–Kier alpha value is -1.81. The van der Waals surface area contributed by atoms with Crippen LogP contribution in [0.4, 0.5) is 11.5 Å². The van der Waals surface area contributed by atoms with Crippen molar-refractivity contribution < 1.29 is 9.53 Å². The molecular formula is C25H41N5O2S2. The second kappa shape index (κ2) is 16.8. The smallest absolute Gasteiger partial charge is 0.189 e. The van der Waals surface area contributed by atoms with Gasteiger partial charge in [0.15, 0.2) is 11.4 Å². The molecule has 3 rings (SSSR count). The number of rotatable bonds is 9. The Morgan fingerprint density at radius 2 is 1.88 bits per heavy atom. The van der Waals surface area contributed by atoms with Crippen molar-refractivity contribution in [2.45, 2.75) is 69.3 Å². The maximum atomic E-state index is 11.9. The lowest BCUT2D eigenvalue weighted by Gasteiger charge is -2.25. The molecule has 34 heavy (non-hydrogen) atoms. The molecule has 1 atom stereocenters. The lowest BCUT2D eigenvalue weighted by atomic mass is 10.0. The lowest BCUT2D eigenvalue weighted by molar-refractivity contribution is 0.112. The Balaban J connectivity index is 0.00000137. The van der Waals surface area contributed by atoms with Crippen molar-refractivity contribution in [2.24, 2.45) is 5.73 Å². The number of nitrogens with one attached hydrogen (secondary N) is 1. The van der Waals surface area contributed by atoms with Gasteiger partial charge in [-0.2, -0.15) is 0 Å². The fourth-order valence-electron chi connectivity index (χ4n) is 3.39. The largest absolute Gasteiger partial charge is 0.495 e. The second-order valence-corrected chi connectivity index (χ2v) is 9.27. The van der Waals surface area contributed by atoms with Gasteiger partial charge in [0.2, 0.25) is 0 Å². The molecule has 1 aliphatic rings. The Morgan fingerprint density at radius 3 is 2.44 bits per heavy atom. The van der Waals surface area contributed by atoms with E-state index < -0.39 is 0 Å². The molecule has 0 spiro atoms. The first-order valence-electron chi connectivity index (χ1n) is 12.0. The Labute approximate surface area is 214 Å². The summed E-state index contributed by atoms with van der Waals surface area (Å²) in [5.74, 6) is 1.53. The molecule has 1 aromatic heterocycles. The average Bonchev–Trinajstić information content (AvgIpc) is 2.91. The molecule has 9 heteroatoms. The summed E-state index contributed by atoms with van der Waals surface area (Å²) in [6.45, 7) is 10.4. The van der Waals surface area contributed by atoms with Gasteiger partial charge < -0.3 is 15.8 Å². The molecular weight excluding hydrogens is 466 g/mol. The summed E-state index contributed by atoms with van der Waals surface area (Å²) in [4.78, 5) is 22.1. The van der Waals surface area contributed by atoms with Crippen LogP contribution in [0.1, 0.15) is 75.3 Å². The third-order valence-electron chi connectivity index (χ3n) is 5.30. The van der Waals surface area contributed by atoms with Crippen molar-refractivity contribution in [1.29, 1.82) is 0 Å². The van der Waals surface area contributed by atoms with Crippen LogP contribution >= 0.6 is 23.7 Å². The number of carbonyl (C=O) groups is 1. The molecule has 0 amide bonds. The van der Waals surface area contributed by atoms with E-state index in [4.69, 9.17) is 4.74 Å². The molecule has 0 saturated carbocycles. The van der Waals surface area contributed by atoms with Crippen molar-refractivity contribution in [3.05, 3.63) is 29.5 Å². The van der Waals surface area contributed by atoms with Gasteiger partial charge in [0, 0.05) is 24.8 Å². The maximum Gasteiger partial charge on any atom is 0.189 e. The quantitative estimate of drug-likeness (QED) is 0.174. The Kier molecular flexibility index (Phi) is 14.9. The zero-order chi connectivity index (χ0) is 25.5. The van der Waals surface area contributed by atoms with E-state index in [-0.39, 0.29) is 5.92 Å². The predicted octanol–water partition coefficient (Wildman–Crippen LogP) is 6.37. The summed E-state index contributed by atoms with van der Waals surface area (Å²) in [6.07, 6.45) is 7.50. The number of piperidine rings is 1. The minimum atomic E-state index is 0.178. The highest BCUT2D eigenvalue weighted by molar-refractivity contribution is 7.98. The molecule has 1 aromatic carbocycles. The number of nitrogens with two attached hydrogens (primary N) is 1. The Morgan fingerprint density at radius 1 is 1.21 bits per heavy atom. The highest BCUT2D eigenvalue weighted by Crippen LogP contribution is 2.36. The number of nitrogens with zero attached hydrogens (tertiary/aromatic N) is 3. The van der Waals surface area contributed by atoms with Crippen LogP contribution in [-0.4, -0.2) is 54.1 Å². The average molecular weight is 508 g/mol. The first kappa shape index (κ1) is 30.2. The molecule has 0 aliphatic carbocycles. The third-order valence-corrected chi connectivity index (χ3v) is 7.01. The number of anilines is 2. The van der Waals surface area contributed by atoms with Crippen LogP contribution in [0, 0.1) is 0 Å². The number of benzene rings is 1. The molecule has 2 aromatic rings. The van der Waals surface area contributed by atoms with E-state index in [1.165, 1.54) is 38.1 Å². The van der Waals surface area contributed by atoms with E-state index in [0.717, 1.165) is 47.8 Å². The number of aromatic nitrogens is 2. The van der Waals surface area contributed by atoms with Crippen LogP contribution in [0.3, 0.4) is 0 Å². The molecule has 1 fully saturated rings. The SMILES string of the molecule is CC.CCC(C)c1nc(SC)nc(Nc2ccc(SN3CCCCC3)c(OC)c2)c1C=O.CN. The summed E-state index contributed by atoms with van der Waals surface area (Å²) < 4.78 is 8.05. The molecule has 1 aliphatic heterocycles. The van der Waals surface area contributed by atoms with Crippen molar-refractivity contribution in [3.8, 4) is 5.75 Å². The number of thioether (sulfide) groups is 1. The second-order valence-electron chi connectivity index (χ2n) is 7.36. The summed E-state index contributed by atoms with van der Waals surface area (Å²) in [6, 6.07) is 6.03. The first-order valence-corrected chi connectivity index (χ1v) is 14.0. The van der Waals surface area contributed by atoms with Gasteiger partial charge in [0.25, 0.3) is 0 Å². The predicted molar refractivity (Wildman–Crippen MR) is 147 cm³/mol. The number of hydrogen-bond donors (Lipinski definition) is 2. The van der Waals surface area contributed by atoms with Crippen LogP contribution in [-0.2, 0) is 0 Å². The number of ether oxygens (including phenoxy) is 1. The highest BCUT2D eigenvalue weighted by atomic mass is 32.2. The number of methoxy groups -OCH3 is 1. The monoisotopic (exact) mass is 507 g/mol. The number of carbonyl (C=O) groups excluding carboxylic acids is 1. The topological polar surface area (TPSA) is 93.4 Å². The molecule has 0 bridgehead atoms. The lowest BCUT2D eigenvalue weighted by Crippen LogP contribution is -2.22. The highest BCUT2D eigenvalue weighted by Gasteiger charge is 2.19. The van der Waals surface area contributed by atoms with Gasteiger partial charge in [-0.1, -0.05) is 45.9 Å². The number of aldehydes is 1. The molecule has 2 heterocycles. The fourth-order valence-corrected chi connectivity index (χ4v) is 4.84. The van der Waals surface area contributed by atoms with E-state index in [2.05, 4.69) is 45.2 Å². The molecule has 3 N–H and O–H groups in total. The van der Waals surface area contributed by atoms with Crippen molar-refractivity contribution >= 4 is 41.5 Å². The maximum absolute atomic E-state index is 11.9. The van der Waals surface area contributed by atoms with Crippen molar-refractivity contribution in [1.82, 2.24) is 14.3 Å². The van der Waals surface area contributed by atoms with Crippen molar-refractivity contribution in [2.75, 3.05) is 38.8 Å². The van der Waals surface area contributed by atoms with Gasteiger partial charge in [-0.3, -0.25) is 4.79 Å². The minimum absolute atomic E-state index is 0.178. The molecule has 1 unspecified atom stereocenters. The zero-order valence-electron chi connectivity index (χ0n) is 21.7. The normalized spacial score (nSPS) is 14.1. The Bertz CT molecular complexity index is 877. The van der Waals surface area contributed by atoms with E-state index in [1.807, 2.05) is 32.2 Å². The van der Waals surface area contributed by atoms with Crippen LogP contribution in [0.2, 0.25) is 0 Å². The zero-order valence-corrected chi connectivity index (χ0v) is 23.3. The van der Waals surface area contributed by atoms with Crippen LogP contribution in [0.25, 0.3) is 0 Å². The van der Waals surface area contributed by atoms with E-state index in [0.29, 0.717) is 16.5 Å². The van der Waals surface area contributed by atoms with Gasteiger partial charge in [0.05, 0.1) is 23.3 Å². The van der Waals surface area contributed by atoms with Gasteiger partial charge in [-0.15, -0.1) is 0 Å². The van der Waals surface area contributed by atoms with Crippen molar-refractivity contribution in [3.63, 3.8) is 0 Å². The first-order chi connectivity index (χ1) is 16.6. The molecule has 0 radical (unpaired) electrons. The van der Waals surface area contributed by atoms with Crippen LogP contribution < -0.4 is 15.8 Å². The van der Waals surface area contributed by atoms with Gasteiger partial charge >= 0.3 is 0 Å². The molecule has 1 saturated heterocycles. The van der Waals surface area contributed by atoms with Crippen LogP contribution in [0.15, 0.2) is 28.3 Å². The molecule has 7 nitrogen and oxygen atoms in total. The third kappa shape index (κ3) is 8.45. The van der Waals surface area contributed by atoms with Gasteiger partial charge in [0.1, 0.15) is 11.6 Å². The summed E-state index contributed by atoms with van der Waals surface area (Å²) in [7, 11) is 3.19. The van der Waals surface area contributed by atoms with E-state index in [1.54, 1.807) is 19.1 Å². The molecule has 190 valence electrons. The van der Waals surface area contributed by atoms with Crippen LogP contribution in [0.5, 0.6) is 5.75 Å². The van der Waals surface area contributed by atoms with E-state index in [9.17, 15) is 4.79 Å². The minimum Gasteiger partial charge on any atom is -0.495 e. The summed E-state index contributed by atoms with van der Waals surface area (Å²) >= 11 is 3.22. The number of hydrogen-bond acceptors (Lipinski definition) is 9. The van der Waals surface area contributed by atoms with Gasteiger partial charge in [-0.25, -0.2) is 14.3 Å². The van der Waals surface area contributed by atoms with Gasteiger partial charge in [-0.05, 0) is 62.6 Å². The summed E-state index contributed by atoms with van der Waals surface area (Å²) in [5.41, 5.74) is 6.64. The summed E-state index contributed by atoms with van der Waals surface area (Å²) in [5, 5.41) is 3.98.